The van der Waals surface area contributed by atoms with E-state index in [0.29, 0.717) is 11.3 Å². The van der Waals surface area contributed by atoms with Gasteiger partial charge in [0.2, 0.25) is 0 Å². The summed E-state index contributed by atoms with van der Waals surface area (Å²) in [4.78, 5) is 0. The SMILES string of the molecule is CCn1ncc(N)c1-c1ccccc1O. The molecule has 15 heavy (non-hydrogen) atoms. The number of hydrogen-bond acceptors (Lipinski definition) is 3. The lowest BCUT2D eigenvalue weighted by Crippen LogP contribution is -2.00. The molecule has 1 heterocycles. The molecule has 3 N–H and O–H groups in total. The van der Waals surface area contributed by atoms with E-state index in [1.54, 1.807) is 23.0 Å². The van der Waals surface area contributed by atoms with Crippen LogP contribution in [0.3, 0.4) is 0 Å². The molecule has 1 aromatic carbocycles. The molecule has 4 heteroatoms. The van der Waals surface area contributed by atoms with E-state index in [1.807, 2.05) is 19.1 Å². The first kappa shape index (κ1) is 9.58. The van der Waals surface area contributed by atoms with E-state index in [1.165, 1.54) is 0 Å². The van der Waals surface area contributed by atoms with Gasteiger partial charge >= 0.3 is 0 Å². The highest BCUT2D eigenvalue weighted by Gasteiger charge is 2.12. The third-order valence-corrected chi connectivity index (χ3v) is 2.33. The number of aromatic hydroxyl groups is 1. The van der Waals surface area contributed by atoms with Crippen LogP contribution in [0, 0.1) is 0 Å². The number of aromatic nitrogens is 2. The predicted molar refractivity (Wildman–Crippen MR) is 59.4 cm³/mol. The van der Waals surface area contributed by atoms with Crippen LogP contribution in [0.15, 0.2) is 30.5 Å². The third kappa shape index (κ3) is 1.54. The molecule has 0 radical (unpaired) electrons. The van der Waals surface area contributed by atoms with E-state index in [-0.39, 0.29) is 5.75 Å². The van der Waals surface area contributed by atoms with Crippen molar-refractivity contribution in [2.24, 2.45) is 0 Å². The van der Waals surface area contributed by atoms with Crippen LogP contribution < -0.4 is 5.73 Å². The summed E-state index contributed by atoms with van der Waals surface area (Å²) in [6.45, 7) is 2.71. The largest absolute Gasteiger partial charge is 0.507 e. The van der Waals surface area contributed by atoms with Crippen LogP contribution in [0.25, 0.3) is 11.3 Å². The number of aryl methyl sites for hydroxylation is 1. The van der Waals surface area contributed by atoms with Gasteiger partial charge in [-0.25, -0.2) is 0 Å². The van der Waals surface area contributed by atoms with Crippen molar-refractivity contribution in [1.29, 1.82) is 0 Å². The van der Waals surface area contributed by atoms with E-state index in [2.05, 4.69) is 5.10 Å². The molecule has 2 rings (SSSR count). The van der Waals surface area contributed by atoms with Crippen LogP contribution in [-0.2, 0) is 6.54 Å². The summed E-state index contributed by atoms with van der Waals surface area (Å²) in [5, 5.41) is 13.9. The Morgan fingerprint density at radius 3 is 2.80 bits per heavy atom. The van der Waals surface area contributed by atoms with Crippen molar-refractivity contribution in [2.45, 2.75) is 13.5 Å². The summed E-state index contributed by atoms with van der Waals surface area (Å²) < 4.78 is 1.77. The number of benzene rings is 1. The van der Waals surface area contributed by atoms with E-state index in [0.717, 1.165) is 12.2 Å². The zero-order valence-corrected chi connectivity index (χ0v) is 8.51. The van der Waals surface area contributed by atoms with Crippen molar-refractivity contribution in [3.63, 3.8) is 0 Å². The molecule has 0 atom stereocenters. The van der Waals surface area contributed by atoms with Gasteiger partial charge in [0.05, 0.1) is 17.6 Å². The number of phenolic OH excluding ortho intramolecular Hbond substituents is 1. The molecule has 0 saturated carbocycles. The minimum atomic E-state index is 0.222. The molecule has 0 bridgehead atoms. The molecule has 2 aromatic rings. The van der Waals surface area contributed by atoms with Gasteiger partial charge in [-0.2, -0.15) is 5.10 Å². The van der Waals surface area contributed by atoms with Gasteiger partial charge in [0.1, 0.15) is 5.75 Å². The fourth-order valence-corrected chi connectivity index (χ4v) is 1.61. The first-order valence-electron chi connectivity index (χ1n) is 4.83. The van der Waals surface area contributed by atoms with Gasteiger partial charge < -0.3 is 10.8 Å². The number of nitrogen functional groups attached to an aromatic ring is 1. The Labute approximate surface area is 88.0 Å². The van der Waals surface area contributed by atoms with Crippen molar-refractivity contribution in [1.82, 2.24) is 9.78 Å². The molecule has 4 nitrogen and oxygen atoms in total. The van der Waals surface area contributed by atoms with Crippen LogP contribution in [-0.4, -0.2) is 14.9 Å². The Kier molecular flexibility index (Phi) is 2.33. The molecule has 1 aromatic heterocycles. The van der Waals surface area contributed by atoms with E-state index >= 15 is 0 Å². The lowest BCUT2D eigenvalue weighted by Gasteiger charge is -2.07. The van der Waals surface area contributed by atoms with Crippen molar-refractivity contribution in [3.05, 3.63) is 30.5 Å². The maximum absolute atomic E-state index is 9.73. The van der Waals surface area contributed by atoms with E-state index in [4.69, 9.17) is 5.73 Å². The first-order valence-corrected chi connectivity index (χ1v) is 4.83. The minimum absolute atomic E-state index is 0.222. The van der Waals surface area contributed by atoms with Crippen LogP contribution >= 0.6 is 0 Å². The summed E-state index contributed by atoms with van der Waals surface area (Å²) in [6, 6.07) is 7.11. The maximum Gasteiger partial charge on any atom is 0.125 e. The van der Waals surface area contributed by atoms with Gasteiger partial charge in [-0.05, 0) is 19.1 Å². The Morgan fingerprint density at radius 2 is 2.13 bits per heavy atom. The number of phenols is 1. The standard InChI is InChI=1S/C11H13N3O/c1-2-14-11(9(12)7-13-14)8-5-3-4-6-10(8)15/h3-7,15H,2,12H2,1H3. The quantitative estimate of drug-likeness (QED) is 0.783. The normalized spacial score (nSPS) is 10.5. The predicted octanol–water partition coefficient (Wildman–Crippen LogP) is 1.86. The second-order valence-corrected chi connectivity index (χ2v) is 3.28. The van der Waals surface area contributed by atoms with Gasteiger partial charge in [-0.15, -0.1) is 0 Å². The molecule has 0 spiro atoms. The molecule has 0 aliphatic carbocycles. The second kappa shape index (κ2) is 3.65. The average Bonchev–Trinajstić information content (AvgIpc) is 2.60. The summed E-state index contributed by atoms with van der Waals surface area (Å²) in [5.41, 5.74) is 7.90. The molecule has 0 aliphatic heterocycles. The summed E-state index contributed by atoms with van der Waals surface area (Å²) in [7, 11) is 0. The van der Waals surface area contributed by atoms with Gasteiger partial charge in [-0.3, -0.25) is 4.68 Å². The van der Waals surface area contributed by atoms with Crippen LogP contribution in [0.4, 0.5) is 5.69 Å². The maximum atomic E-state index is 9.73. The summed E-state index contributed by atoms with van der Waals surface area (Å²) in [6.07, 6.45) is 1.60. The van der Waals surface area contributed by atoms with Crippen LogP contribution in [0.2, 0.25) is 0 Å². The molecule has 0 unspecified atom stereocenters. The molecular formula is C11H13N3O. The van der Waals surface area contributed by atoms with Crippen molar-refractivity contribution in [3.8, 4) is 17.0 Å². The first-order chi connectivity index (χ1) is 7.24. The molecule has 0 amide bonds. The number of rotatable bonds is 2. The molecule has 0 aliphatic rings. The lowest BCUT2D eigenvalue weighted by atomic mass is 10.1. The van der Waals surface area contributed by atoms with Crippen molar-refractivity contribution >= 4 is 5.69 Å². The third-order valence-electron chi connectivity index (χ3n) is 2.33. The summed E-state index contributed by atoms with van der Waals surface area (Å²) >= 11 is 0. The Hall–Kier alpha value is -1.97. The van der Waals surface area contributed by atoms with Gasteiger partial charge in [0, 0.05) is 12.1 Å². The monoisotopic (exact) mass is 203 g/mol. The summed E-state index contributed by atoms with van der Waals surface area (Å²) in [5.74, 6) is 0.222. The van der Waals surface area contributed by atoms with Gasteiger partial charge in [-0.1, -0.05) is 12.1 Å². The highest BCUT2D eigenvalue weighted by molar-refractivity contribution is 5.76. The molecule has 0 fully saturated rings. The second-order valence-electron chi connectivity index (χ2n) is 3.28. The Morgan fingerprint density at radius 1 is 1.40 bits per heavy atom. The molecule has 0 saturated heterocycles. The number of para-hydroxylation sites is 1. The number of anilines is 1. The number of nitrogens with zero attached hydrogens (tertiary/aromatic N) is 2. The van der Waals surface area contributed by atoms with Gasteiger partial charge in [0.15, 0.2) is 0 Å². The lowest BCUT2D eigenvalue weighted by molar-refractivity contribution is 0.476. The smallest absolute Gasteiger partial charge is 0.125 e. The average molecular weight is 203 g/mol. The minimum Gasteiger partial charge on any atom is -0.507 e. The molecule has 78 valence electrons. The fourth-order valence-electron chi connectivity index (χ4n) is 1.61. The Balaban J connectivity index is 2.63. The van der Waals surface area contributed by atoms with Crippen molar-refractivity contribution in [2.75, 3.05) is 5.73 Å². The van der Waals surface area contributed by atoms with Gasteiger partial charge in [0.25, 0.3) is 0 Å². The van der Waals surface area contributed by atoms with E-state index in [9.17, 15) is 5.11 Å². The zero-order chi connectivity index (χ0) is 10.8. The highest BCUT2D eigenvalue weighted by atomic mass is 16.3. The van der Waals surface area contributed by atoms with E-state index < -0.39 is 0 Å². The number of nitrogens with two attached hydrogens (primary N) is 1. The fraction of sp³-hybridized carbons (Fsp3) is 0.182. The Bertz CT molecular complexity index is 476. The number of hydrogen-bond donors (Lipinski definition) is 2. The molecular weight excluding hydrogens is 190 g/mol. The highest BCUT2D eigenvalue weighted by Crippen LogP contribution is 2.32. The zero-order valence-electron chi connectivity index (χ0n) is 8.51. The van der Waals surface area contributed by atoms with Crippen LogP contribution in [0.5, 0.6) is 5.75 Å². The van der Waals surface area contributed by atoms with Crippen LogP contribution in [0.1, 0.15) is 6.92 Å². The van der Waals surface area contributed by atoms with Crippen molar-refractivity contribution < 1.29 is 5.11 Å². The topological polar surface area (TPSA) is 64.1 Å².